The normalized spacial score (nSPS) is 10.5. The van der Waals surface area contributed by atoms with Crippen LogP contribution in [0.5, 0.6) is 17.2 Å². The molecule has 0 aromatic heterocycles. The summed E-state index contributed by atoms with van der Waals surface area (Å²) in [5.74, 6) is 1.62. The predicted octanol–water partition coefficient (Wildman–Crippen LogP) is 8.07. The number of rotatable bonds is 9. The second-order valence-corrected chi connectivity index (χ2v) is 8.75. The number of carbonyl (C=O) groups excluding carboxylic acids is 1. The van der Waals surface area contributed by atoms with Gasteiger partial charge < -0.3 is 20.1 Å². The molecule has 0 atom stereocenters. The summed E-state index contributed by atoms with van der Waals surface area (Å²) in [6, 6.07) is 27.6. The van der Waals surface area contributed by atoms with Gasteiger partial charge in [0.15, 0.2) is 6.61 Å². The van der Waals surface area contributed by atoms with Crippen LogP contribution in [-0.2, 0) is 11.3 Å². The van der Waals surface area contributed by atoms with Crippen molar-refractivity contribution in [3.63, 3.8) is 0 Å². The standard InChI is InChI=1S/C27H21Cl3N2O3/c28-23-12-9-20(15-24(23)29)32-27(33)17-34-26-13-6-18(14-25(26)30)16-31-19-7-10-22(11-8-19)35-21-4-2-1-3-5-21/h1-15,31H,16-17H2,(H,32,33). The summed E-state index contributed by atoms with van der Waals surface area (Å²) < 4.78 is 11.4. The number of carbonyl (C=O) groups is 1. The summed E-state index contributed by atoms with van der Waals surface area (Å²) in [5.41, 5.74) is 2.44. The summed E-state index contributed by atoms with van der Waals surface area (Å²) in [6.45, 7) is 0.367. The topological polar surface area (TPSA) is 59.6 Å². The minimum Gasteiger partial charge on any atom is -0.482 e. The summed E-state index contributed by atoms with van der Waals surface area (Å²) in [4.78, 5) is 12.2. The number of nitrogens with one attached hydrogen (secondary N) is 2. The van der Waals surface area contributed by atoms with Gasteiger partial charge >= 0.3 is 0 Å². The van der Waals surface area contributed by atoms with Gasteiger partial charge in [0, 0.05) is 17.9 Å². The molecular formula is C27H21Cl3N2O3. The lowest BCUT2D eigenvalue weighted by atomic mass is 10.2. The van der Waals surface area contributed by atoms with Crippen molar-refractivity contribution in [2.75, 3.05) is 17.2 Å². The van der Waals surface area contributed by atoms with Crippen molar-refractivity contribution in [2.24, 2.45) is 0 Å². The van der Waals surface area contributed by atoms with Crippen LogP contribution < -0.4 is 20.1 Å². The first-order valence-corrected chi connectivity index (χ1v) is 11.8. The molecule has 0 aliphatic carbocycles. The third-order valence-corrected chi connectivity index (χ3v) is 5.92. The smallest absolute Gasteiger partial charge is 0.262 e. The Morgan fingerprint density at radius 2 is 1.43 bits per heavy atom. The van der Waals surface area contributed by atoms with Gasteiger partial charge in [0.05, 0.1) is 15.1 Å². The third kappa shape index (κ3) is 7.30. The number of hydrogen-bond acceptors (Lipinski definition) is 4. The Morgan fingerprint density at radius 3 is 2.14 bits per heavy atom. The van der Waals surface area contributed by atoms with E-state index < -0.39 is 0 Å². The second kappa shape index (κ2) is 11.8. The van der Waals surface area contributed by atoms with E-state index in [-0.39, 0.29) is 12.5 Å². The molecule has 0 aliphatic heterocycles. The summed E-state index contributed by atoms with van der Waals surface area (Å²) >= 11 is 18.2. The molecule has 0 saturated heterocycles. The van der Waals surface area contributed by atoms with E-state index in [0.717, 1.165) is 22.7 Å². The van der Waals surface area contributed by atoms with Crippen LogP contribution in [-0.4, -0.2) is 12.5 Å². The predicted molar refractivity (Wildman–Crippen MR) is 142 cm³/mol. The number of hydrogen-bond donors (Lipinski definition) is 2. The lowest BCUT2D eigenvalue weighted by Gasteiger charge is -2.12. The summed E-state index contributed by atoms with van der Waals surface area (Å²) in [6.07, 6.45) is 0. The number of benzene rings is 4. The fraction of sp³-hybridized carbons (Fsp3) is 0.0741. The van der Waals surface area contributed by atoms with Crippen LogP contribution >= 0.6 is 34.8 Å². The van der Waals surface area contributed by atoms with Crippen molar-refractivity contribution >= 4 is 52.1 Å². The largest absolute Gasteiger partial charge is 0.482 e. The van der Waals surface area contributed by atoms with E-state index in [4.69, 9.17) is 44.3 Å². The number of amides is 1. The van der Waals surface area contributed by atoms with E-state index >= 15 is 0 Å². The molecular weight excluding hydrogens is 507 g/mol. The van der Waals surface area contributed by atoms with Gasteiger partial charge in [-0.05, 0) is 72.3 Å². The molecule has 0 bridgehead atoms. The quantitative estimate of drug-likeness (QED) is 0.231. The van der Waals surface area contributed by atoms with E-state index in [1.165, 1.54) is 0 Å². The highest BCUT2D eigenvalue weighted by molar-refractivity contribution is 6.42. The molecule has 178 valence electrons. The molecule has 4 aromatic carbocycles. The van der Waals surface area contributed by atoms with Crippen molar-refractivity contribution in [1.82, 2.24) is 0 Å². The van der Waals surface area contributed by atoms with Crippen molar-refractivity contribution < 1.29 is 14.3 Å². The minimum absolute atomic E-state index is 0.199. The van der Waals surface area contributed by atoms with Gasteiger partial charge in [-0.2, -0.15) is 0 Å². The highest BCUT2D eigenvalue weighted by Gasteiger charge is 2.09. The molecule has 0 saturated carbocycles. The average Bonchev–Trinajstić information content (AvgIpc) is 2.86. The van der Waals surface area contributed by atoms with E-state index in [1.807, 2.05) is 60.7 Å². The van der Waals surface area contributed by atoms with Gasteiger partial charge in [0.1, 0.15) is 17.2 Å². The van der Waals surface area contributed by atoms with Crippen LogP contribution in [0.3, 0.4) is 0 Å². The zero-order chi connectivity index (χ0) is 24.6. The molecule has 0 aliphatic rings. The summed E-state index contributed by atoms with van der Waals surface area (Å²) in [7, 11) is 0. The fourth-order valence-corrected chi connectivity index (χ4v) is 3.71. The maximum absolute atomic E-state index is 12.2. The van der Waals surface area contributed by atoms with Crippen LogP contribution in [0.15, 0.2) is 91.0 Å². The van der Waals surface area contributed by atoms with Crippen molar-refractivity contribution in [3.8, 4) is 17.2 Å². The monoisotopic (exact) mass is 526 g/mol. The first-order valence-electron chi connectivity index (χ1n) is 10.7. The van der Waals surface area contributed by atoms with E-state index in [9.17, 15) is 4.79 Å². The van der Waals surface area contributed by atoms with Crippen molar-refractivity contribution in [3.05, 3.63) is 112 Å². The van der Waals surface area contributed by atoms with Crippen LogP contribution in [0.1, 0.15) is 5.56 Å². The van der Waals surface area contributed by atoms with Gasteiger partial charge in [-0.25, -0.2) is 0 Å². The summed E-state index contributed by atoms with van der Waals surface area (Å²) in [5, 5.41) is 7.23. The minimum atomic E-state index is -0.343. The van der Waals surface area contributed by atoms with Gasteiger partial charge in [-0.15, -0.1) is 0 Å². The second-order valence-electron chi connectivity index (χ2n) is 7.52. The Morgan fingerprint density at radius 1 is 0.714 bits per heavy atom. The van der Waals surface area contributed by atoms with Crippen molar-refractivity contribution in [1.29, 1.82) is 0 Å². The Balaban J connectivity index is 1.26. The highest BCUT2D eigenvalue weighted by Crippen LogP contribution is 2.28. The Bertz CT molecular complexity index is 1300. The molecule has 5 nitrogen and oxygen atoms in total. The lowest BCUT2D eigenvalue weighted by molar-refractivity contribution is -0.118. The first kappa shape index (κ1) is 24.7. The fourth-order valence-electron chi connectivity index (χ4n) is 3.16. The number of anilines is 2. The molecule has 0 spiro atoms. The molecule has 0 fully saturated rings. The highest BCUT2D eigenvalue weighted by atomic mass is 35.5. The average molecular weight is 528 g/mol. The van der Waals surface area contributed by atoms with Gasteiger partial charge in [0.25, 0.3) is 5.91 Å². The lowest BCUT2D eigenvalue weighted by Crippen LogP contribution is -2.20. The van der Waals surface area contributed by atoms with Crippen LogP contribution in [0, 0.1) is 0 Å². The molecule has 0 unspecified atom stereocenters. The van der Waals surface area contributed by atoms with Gasteiger partial charge in [0.2, 0.25) is 0 Å². The molecule has 0 heterocycles. The van der Waals surface area contributed by atoms with Gasteiger partial charge in [-0.3, -0.25) is 4.79 Å². The number of ether oxygens (including phenoxy) is 2. The molecule has 2 N–H and O–H groups in total. The molecule has 4 rings (SSSR count). The molecule has 35 heavy (non-hydrogen) atoms. The molecule has 8 heteroatoms. The number of para-hydroxylation sites is 1. The third-order valence-electron chi connectivity index (χ3n) is 4.89. The van der Waals surface area contributed by atoms with Crippen LogP contribution in [0.2, 0.25) is 15.1 Å². The molecule has 1 amide bonds. The molecule has 4 aromatic rings. The maximum Gasteiger partial charge on any atom is 0.262 e. The maximum atomic E-state index is 12.2. The zero-order valence-corrected chi connectivity index (χ0v) is 20.7. The Kier molecular flexibility index (Phi) is 8.37. The Labute approximate surface area is 218 Å². The Hall–Kier alpha value is -3.38. The van der Waals surface area contributed by atoms with E-state index in [1.54, 1.807) is 30.3 Å². The number of halogens is 3. The van der Waals surface area contributed by atoms with Crippen LogP contribution in [0.25, 0.3) is 0 Å². The first-order chi connectivity index (χ1) is 17.0. The van der Waals surface area contributed by atoms with Gasteiger partial charge in [-0.1, -0.05) is 59.1 Å². The molecule has 0 radical (unpaired) electrons. The van der Waals surface area contributed by atoms with Crippen LogP contribution in [0.4, 0.5) is 11.4 Å². The van der Waals surface area contributed by atoms with Crippen molar-refractivity contribution in [2.45, 2.75) is 6.54 Å². The van der Waals surface area contributed by atoms with E-state index in [0.29, 0.717) is 33.0 Å². The zero-order valence-electron chi connectivity index (χ0n) is 18.4. The van der Waals surface area contributed by atoms with E-state index in [2.05, 4.69) is 10.6 Å². The SMILES string of the molecule is O=C(COc1ccc(CNc2ccc(Oc3ccccc3)cc2)cc1Cl)Nc1ccc(Cl)c(Cl)c1.